The Morgan fingerprint density at radius 3 is 2.76 bits per heavy atom. The van der Waals surface area contributed by atoms with Gasteiger partial charge in [-0.3, -0.25) is 14.8 Å². The topological polar surface area (TPSA) is 85.0 Å². The fourth-order valence-corrected chi connectivity index (χ4v) is 3.07. The van der Waals surface area contributed by atoms with Crippen LogP contribution in [0.2, 0.25) is 0 Å². The first-order chi connectivity index (χ1) is 12.3. The molecule has 1 aliphatic rings. The number of rotatable bonds is 3. The van der Waals surface area contributed by atoms with Crippen LogP contribution in [-0.2, 0) is 0 Å². The molecule has 3 aromatic rings. The first kappa shape index (κ1) is 15.4. The Labute approximate surface area is 144 Å². The highest BCUT2D eigenvalue weighted by Crippen LogP contribution is 2.32. The molecule has 0 bridgehead atoms. The monoisotopic (exact) mass is 335 g/mol. The molecule has 0 spiro atoms. The van der Waals surface area contributed by atoms with Crippen LogP contribution in [0.15, 0.2) is 53.5 Å². The summed E-state index contributed by atoms with van der Waals surface area (Å²) in [5.74, 6) is 0.863. The van der Waals surface area contributed by atoms with E-state index in [1.54, 1.807) is 36.9 Å². The molecule has 25 heavy (non-hydrogen) atoms. The van der Waals surface area contributed by atoms with Gasteiger partial charge in [-0.05, 0) is 43.5 Å². The minimum Gasteiger partial charge on any atom is -0.418 e. The molecular weight excluding hydrogens is 318 g/mol. The summed E-state index contributed by atoms with van der Waals surface area (Å²) in [5.41, 5.74) is 1.39. The number of likely N-dealkylation sites (tertiary alicyclic amines) is 1. The third kappa shape index (κ3) is 3.13. The second kappa shape index (κ2) is 6.80. The molecular formula is C18H17N5O2. The summed E-state index contributed by atoms with van der Waals surface area (Å²) in [5, 5.41) is 8.33. The highest BCUT2D eigenvalue weighted by molar-refractivity contribution is 5.94. The van der Waals surface area contributed by atoms with Crippen molar-refractivity contribution in [1.82, 2.24) is 25.1 Å². The maximum absolute atomic E-state index is 12.8. The zero-order chi connectivity index (χ0) is 17.1. The van der Waals surface area contributed by atoms with Crippen molar-refractivity contribution in [3.63, 3.8) is 0 Å². The number of hydrogen-bond acceptors (Lipinski definition) is 6. The Balaban J connectivity index is 1.62. The molecule has 0 aliphatic carbocycles. The van der Waals surface area contributed by atoms with Crippen molar-refractivity contribution >= 4 is 5.91 Å². The standard InChI is InChI=1S/C18H17N5O2/c24-18(14-4-3-8-20-12-14)23-11-2-1-5-15(23)17-22-21-16(25-17)13-6-9-19-10-7-13/h3-4,6-10,12,15H,1-2,5,11H2/t15-/m1/s1. The summed E-state index contributed by atoms with van der Waals surface area (Å²) < 4.78 is 5.87. The molecule has 1 fully saturated rings. The number of carbonyl (C=O) groups is 1. The van der Waals surface area contributed by atoms with E-state index in [-0.39, 0.29) is 11.9 Å². The van der Waals surface area contributed by atoms with Crippen LogP contribution in [0.1, 0.15) is 41.6 Å². The molecule has 1 saturated heterocycles. The van der Waals surface area contributed by atoms with Crippen molar-refractivity contribution in [3.05, 3.63) is 60.5 Å². The van der Waals surface area contributed by atoms with Gasteiger partial charge in [-0.25, -0.2) is 0 Å². The Hall–Kier alpha value is -3.09. The maximum atomic E-state index is 12.8. The van der Waals surface area contributed by atoms with Crippen LogP contribution < -0.4 is 0 Å². The van der Waals surface area contributed by atoms with Gasteiger partial charge in [0.15, 0.2) is 0 Å². The van der Waals surface area contributed by atoms with Gasteiger partial charge in [0.1, 0.15) is 6.04 Å². The fourth-order valence-electron chi connectivity index (χ4n) is 3.07. The molecule has 3 aromatic heterocycles. The molecule has 1 atom stereocenters. The lowest BCUT2D eigenvalue weighted by Crippen LogP contribution is -2.38. The van der Waals surface area contributed by atoms with Crippen molar-refractivity contribution in [2.75, 3.05) is 6.54 Å². The number of pyridine rings is 2. The van der Waals surface area contributed by atoms with Gasteiger partial charge in [-0.2, -0.15) is 0 Å². The second-order valence-corrected chi connectivity index (χ2v) is 5.93. The van der Waals surface area contributed by atoms with Crippen molar-refractivity contribution in [1.29, 1.82) is 0 Å². The smallest absolute Gasteiger partial charge is 0.256 e. The second-order valence-electron chi connectivity index (χ2n) is 5.93. The van der Waals surface area contributed by atoms with Gasteiger partial charge in [0, 0.05) is 36.9 Å². The molecule has 7 nitrogen and oxygen atoms in total. The molecule has 0 unspecified atom stereocenters. The van der Waals surface area contributed by atoms with Gasteiger partial charge in [-0.1, -0.05) is 0 Å². The largest absolute Gasteiger partial charge is 0.418 e. The van der Waals surface area contributed by atoms with Crippen LogP contribution in [-0.4, -0.2) is 37.5 Å². The summed E-state index contributed by atoms with van der Waals surface area (Å²) in [6.07, 6.45) is 9.40. The number of piperidine rings is 1. The molecule has 4 rings (SSSR count). The Morgan fingerprint density at radius 2 is 1.96 bits per heavy atom. The quantitative estimate of drug-likeness (QED) is 0.731. The summed E-state index contributed by atoms with van der Waals surface area (Å²) in [4.78, 5) is 22.7. The first-order valence-electron chi connectivity index (χ1n) is 8.28. The SMILES string of the molecule is O=C(c1cccnc1)N1CCCC[C@@H]1c1nnc(-c2ccncc2)o1. The lowest BCUT2D eigenvalue weighted by Gasteiger charge is -2.33. The van der Waals surface area contributed by atoms with E-state index in [4.69, 9.17) is 4.42 Å². The highest BCUT2D eigenvalue weighted by Gasteiger charge is 2.32. The number of aromatic nitrogens is 4. The van der Waals surface area contributed by atoms with Crippen LogP contribution >= 0.6 is 0 Å². The predicted molar refractivity (Wildman–Crippen MR) is 89.4 cm³/mol. The zero-order valence-corrected chi connectivity index (χ0v) is 13.6. The van der Waals surface area contributed by atoms with Crippen molar-refractivity contribution < 1.29 is 9.21 Å². The molecule has 4 heterocycles. The molecule has 7 heteroatoms. The van der Waals surface area contributed by atoms with E-state index in [9.17, 15) is 4.79 Å². The fraction of sp³-hybridized carbons (Fsp3) is 0.278. The minimum atomic E-state index is -0.204. The first-order valence-corrected chi connectivity index (χ1v) is 8.28. The van der Waals surface area contributed by atoms with E-state index in [1.807, 2.05) is 17.0 Å². The maximum Gasteiger partial charge on any atom is 0.256 e. The van der Waals surface area contributed by atoms with Crippen LogP contribution in [0.4, 0.5) is 0 Å². The molecule has 1 amide bonds. The van der Waals surface area contributed by atoms with Gasteiger partial charge in [-0.15, -0.1) is 10.2 Å². The van der Waals surface area contributed by atoms with Crippen LogP contribution in [0.3, 0.4) is 0 Å². The Bertz CT molecular complexity index is 850. The third-order valence-electron chi connectivity index (χ3n) is 4.33. The summed E-state index contributed by atoms with van der Waals surface area (Å²) in [6.45, 7) is 0.672. The molecule has 126 valence electrons. The predicted octanol–water partition coefficient (Wildman–Crippen LogP) is 2.89. The van der Waals surface area contributed by atoms with Gasteiger partial charge in [0.05, 0.1) is 5.56 Å². The number of carbonyl (C=O) groups excluding carboxylic acids is 1. The van der Waals surface area contributed by atoms with E-state index in [2.05, 4.69) is 20.2 Å². The average molecular weight is 335 g/mol. The van der Waals surface area contributed by atoms with E-state index in [0.717, 1.165) is 24.8 Å². The Morgan fingerprint density at radius 1 is 1.08 bits per heavy atom. The van der Waals surface area contributed by atoms with Crippen molar-refractivity contribution in [3.8, 4) is 11.5 Å². The number of hydrogen-bond donors (Lipinski definition) is 0. The lowest BCUT2D eigenvalue weighted by atomic mass is 10.0. The zero-order valence-electron chi connectivity index (χ0n) is 13.6. The molecule has 0 aromatic carbocycles. The van der Waals surface area contributed by atoms with Gasteiger partial charge in [0.25, 0.3) is 5.91 Å². The Kier molecular flexibility index (Phi) is 4.20. The molecule has 0 N–H and O–H groups in total. The third-order valence-corrected chi connectivity index (χ3v) is 4.33. The van der Waals surface area contributed by atoms with E-state index in [0.29, 0.717) is 23.9 Å². The lowest BCUT2D eigenvalue weighted by molar-refractivity contribution is 0.0572. The van der Waals surface area contributed by atoms with Crippen LogP contribution in [0.25, 0.3) is 11.5 Å². The van der Waals surface area contributed by atoms with Gasteiger partial charge < -0.3 is 9.32 Å². The van der Waals surface area contributed by atoms with E-state index < -0.39 is 0 Å². The molecule has 1 aliphatic heterocycles. The summed E-state index contributed by atoms with van der Waals surface area (Å²) >= 11 is 0. The highest BCUT2D eigenvalue weighted by atomic mass is 16.4. The van der Waals surface area contributed by atoms with Crippen LogP contribution in [0, 0.1) is 0 Å². The van der Waals surface area contributed by atoms with E-state index in [1.165, 1.54) is 0 Å². The minimum absolute atomic E-state index is 0.0542. The van der Waals surface area contributed by atoms with E-state index >= 15 is 0 Å². The number of amides is 1. The normalized spacial score (nSPS) is 17.4. The summed E-state index contributed by atoms with van der Waals surface area (Å²) in [6, 6.07) is 6.97. The van der Waals surface area contributed by atoms with Gasteiger partial charge >= 0.3 is 0 Å². The summed E-state index contributed by atoms with van der Waals surface area (Å²) in [7, 11) is 0. The van der Waals surface area contributed by atoms with Crippen molar-refractivity contribution in [2.45, 2.75) is 25.3 Å². The van der Waals surface area contributed by atoms with Crippen LogP contribution in [0.5, 0.6) is 0 Å². The molecule has 0 saturated carbocycles. The molecule has 0 radical (unpaired) electrons. The van der Waals surface area contributed by atoms with Gasteiger partial charge in [0.2, 0.25) is 11.8 Å². The van der Waals surface area contributed by atoms with Crippen molar-refractivity contribution in [2.24, 2.45) is 0 Å². The number of nitrogens with zero attached hydrogens (tertiary/aromatic N) is 5. The average Bonchev–Trinajstić information content (AvgIpc) is 3.19.